The molecule has 0 fully saturated rings. The van der Waals surface area contributed by atoms with Crippen LogP contribution in [0.25, 0.3) is 11.1 Å². The Bertz CT molecular complexity index is 1170. The van der Waals surface area contributed by atoms with Crippen LogP contribution in [0.5, 0.6) is 0 Å². The largest absolute Gasteiger partial charge is 0.477 e. The number of aromatic carboxylic acids is 1. The van der Waals surface area contributed by atoms with Gasteiger partial charge in [0.05, 0.1) is 17.0 Å². The lowest BCUT2D eigenvalue weighted by Crippen LogP contribution is -2.42. The Kier molecular flexibility index (Phi) is 3.44. The first kappa shape index (κ1) is 16.7. The van der Waals surface area contributed by atoms with Crippen molar-refractivity contribution < 1.29 is 19.5 Å². The van der Waals surface area contributed by atoms with E-state index in [1.54, 1.807) is 18.2 Å². The zero-order valence-electron chi connectivity index (χ0n) is 14.5. The predicted octanol–water partition coefficient (Wildman–Crippen LogP) is 3.69. The van der Waals surface area contributed by atoms with Crippen molar-refractivity contribution >= 4 is 40.5 Å². The number of carbonyl (C=O) groups excluding carboxylic acids is 2. The first-order valence-corrected chi connectivity index (χ1v) is 9.51. The van der Waals surface area contributed by atoms with Gasteiger partial charge in [-0.05, 0) is 17.2 Å². The van der Waals surface area contributed by atoms with Gasteiger partial charge < -0.3 is 15.7 Å². The number of benzene rings is 2. The van der Waals surface area contributed by atoms with Crippen molar-refractivity contribution in [1.29, 1.82) is 0 Å². The van der Waals surface area contributed by atoms with Crippen LogP contribution in [0.4, 0.5) is 11.4 Å². The van der Waals surface area contributed by atoms with Crippen LogP contribution in [0.1, 0.15) is 26.5 Å². The molecule has 0 saturated carbocycles. The highest BCUT2D eigenvalue weighted by atomic mass is 32.1. The summed E-state index contributed by atoms with van der Waals surface area (Å²) in [7, 11) is 0. The van der Waals surface area contributed by atoms with Crippen LogP contribution in [0.3, 0.4) is 0 Å². The van der Waals surface area contributed by atoms with Crippen LogP contribution < -0.4 is 10.6 Å². The fourth-order valence-electron chi connectivity index (χ4n) is 4.10. The highest BCUT2D eigenvalue weighted by Crippen LogP contribution is 2.56. The number of hydrogen-bond acceptors (Lipinski definition) is 4. The molecule has 6 nitrogen and oxygen atoms in total. The van der Waals surface area contributed by atoms with Crippen molar-refractivity contribution in [1.82, 2.24) is 0 Å². The van der Waals surface area contributed by atoms with E-state index in [2.05, 4.69) is 10.6 Å². The van der Waals surface area contributed by atoms with E-state index in [-0.39, 0.29) is 23.1 Å². The van der Waals surface area contributed by atoms with Crippen LogP contribution >= 0.6 is 11.3 Å². The van der Waals surface area contributed by atoms with Gasteiger partial charge in [-0.2, -0.15) is 0 Å². The minimum absolute atomic E-state index is 0.0589. The van der Waals surface area contributed by atoms with Gasteiger partial charge in [0.1, 0.15) is 10.3 Å². The summed E-state index contributed by atoms with van der Waals surface area (Å²) in [5.41, 5.74) is 1.68. The molecule has 0 aliphatic carbocycles. The topological polar surface area (TPSA) is 95.5 Å². The number of carboxylic acid groups (broad SMARTS) is 1. The smallest absolute Gasteiger partial charge is 0.346 e. The van der Waals surface area contributed by atoms with E-state index in [1.165, 1.54) is 0 Å². The van der Waals surface area contributed by atoms with E-state index < -0.39 is 11.4 Å². The molecule has 0 bridgehead atoms. The maximum absolute atomic E-state index is 13.1. The van der Waals surface area contributed by atoms with Gasteiger partial charge >= 0.3 is 5.97 Å². The van der Waals surface area contributed by atoms with E-state index in [9.17, 15) is 19.5 Å². The summed E-state index contributed by atoms with van der Waals surface area (Å²) in [4.78, 5) is 38.5. The number of carbonyl (C=O) groups is 3. The third-order valence-corrected chi connectivity index (χ3v) is 6.60. The summed E-state index contributed by atoms with van der Waals surface area (Å²) in [6.45, 7) is 0. The summed E-state index contributed by atoms with van der Waals surface area (Å²) < 4.78 is 0. The zero-order valence-corrected chi connectivity index (χ0v) is 15.3. The summed E-state index contributed by atoms with van der Waals surface area (Å²) in [5.74, 6) is -1.71. The number of nitrogens with one attached hydrogen (secondary N) is 2. The van der Waals surface area contributed by atoms with Gasteiger partial charge in [-0.25, -0.2) is 4.79 Å². The zero-order chi connectivity index (χ0) is 19.5. The Morgan fingerprint density at radius 2 is 1.71 bits per heavy atom. The van der Waals surface area contributed by atoms with Gasteiger partial charge in [0.15, 0.2) is 0 Å². The SMILES string of the molecule is O=C1CC2(C(=O)Nc3ccccc32)c2sc(C(=O)O)c(-c3ccccc3)c2N1. The second-order valence-electron chi connectivity index (χ2n) is 6.81. The van der Waals surface area contributed by atoms with Gasteiger partial charge in [-0.3, -0.25) is 9.59 Å². The Balaban J connectivity index is 1.86. The molecule has 5 rings (SSSR count). The Labute approximate surface area is 163 Å². The molecule has 138 valence electrons. The van der Waals surface area contributed by atoms with Crippen molar-refractivity contribution in [3.05, 3.63) is 69.9 Å². The number of amides is 2. The molecule has 0 saturated heterocycles. The maximum Gasteiger partial charge on any atom is 0.346 e. The normalized spacial score (nSPS) is 19.7. The van der Waals surface area contributed by atoms with E-state index in [4.69, 9.17) is 0 Å². The number of fused-ring (bicyclic) bond motifs is 4. The first-order valence-electron chi connectivity index (χ1n) is 8.69. The Morgan fingerprint density at radius 1 is 1.00 bits per heavy atom. The molecule has 2 amide bonds. The summed E-state index contributed by atoms with van der Waals surface area (Å²) in [5, 5.41) is 15.5. The van der Waals surface area contributed by atoms with Gasteiger partial charge in [-0.15, -0.1) is 11.3 Å². The molecular formula is C21H14N2O4S. The van der Waals surface area contributed by atoms with Crippen molar-refractivity contribution in [2.75, 3.05) is 10.6 Å². The molecule has 3 aromatic rings. The highest BCUT2D eigenvalue weighted by molar-refractivity contribution is 7.15. The van der Waals surface area contributed by atoms with Gasteiger partial charge in [0, 0.05) is 11.3 Å². The third-order valence-electron chi connectivity index (χ3n) is 5.27. The Morgan fingerprint density at radius 3 is 2.46 bits per heavy atom. The number of para-hydroxylation sites is 1. The Hall–Kier alpha value is -3.45. The standard InChI is InChI=1S/C21H14N2O4S/c24-14-10-21(12-8-4-5-9-13(12)22-20(21)27)18-16(23-14)15(17(28-18)19(25)26)11-6-2-1-3-7-11/h1-9H,10H2,(H,22,27)(H,23,24)(H,25,26). The molecule has 2 aliphatic heterocycles. The van der Waals surface area contributed by atoms with Gasteiger partial charge in [0.25, 0.3) is 0 Å². The first-order chi connectivity index (χ1) is 13.5. The molecule has 1 spiro atoms. The predicted molar refractivity (Wildman–Crippen MR) is 106 cm³/mol. The summed E-state index contributed by atoms with van der Waals surface area (Å²) >= 11 is 1.06. The van der Waals surface area contributed by atoms with Crippen molar-refractivity contribution in [3.8, 4) is 11.1 Å². The molecule has 28 heavy (non-hydrogen) atoms. The molecule has 3 heterocycles. The molecule has 2 aromatic carbocycles. The number of carboxylic acids is 1. The lowest BCUT2D eigenvalue weighted by molar-refractivity contribution is -0.125. The van der Waals surface area contributed by atoms with E-state index in [0.717, 1.165) is 11.3 Å². The lowest BCUT2D eigenvalue weighted by Gasteiger charge is -2.31. The number of anilines is 2. The summed E-state index contributed by atoms with van der Waals surface area (Å²) in [6.07, 6.45) is -0.0589. The average molecular weight is 390 g/mol. The maximum atomic E-state index is 13.1. The molecule has 3 N–H and O–H groups in total. The summed E-state index contributed by atoms with van der Waals surface area (Å²) in [6, 6.07) is 16.3. The van der Waals surface area contributed by atoms with E-state index >= 15 is 0 Å². The monoisotopic (exact) mass is 390 g/mol. The van der Waals surface area contributed by atoms with E-state index in [0.29, 0.717) is 32.9 Å². The van der Waals surface area contributed by atoms with Crippen LogP contribution in [0.2, 0.25) is 0 Å². The molecule has 0 radical (unpaired) electrons. The van der Waals surface area contributed by atoms with Crippen molar-refractivity contribution in [2.45, 2.75) is 11.8 Å². The van der Waals surface area contributed by atoms with Crippen LogP contribution in [0, 0.1) is 0 Å². The average Bonchev–Trinajstić information content (AvgIpc) is 3.20. The molecule has 7 heteroatoms. The van der Waals surface area contributed by atoms with Crippen LogP contribution in [-0.2, 0) is 15.0 Å². The van der Waals surface area contributed by atoms with Crippen LogP contribution in [0.15, 0.2) is 54.6 Å². The molecule has 1 unspecified atom stereocenters. The highest BCUT2D eigenvalue weighted by Gasteiger charge is 2.55. The molecule has 2 aliphatic rings. The lowest BCUT2D eigenvalue weighted by atomic mass is 9.74. The quantitative estimate of drug-likeness (QED) is 0.622. The van der Waals surface area contributed by atoms with Crippen LogP contribution in [-0.4, -0.2) is 22.9 Å². The number of hydrogen-bond donors (Lipinski definition) is 3. The van der Waals surface area contributed by atoms with Gasteiger partial charge in [0.2, 0.25) is 11.8 Å². The minimum Gasteiger partial charge on any atom is -0.477 e. The number of rotatable bonds is 2. The molecule has 1 aromatic heterocycles. The molecule has 1 atom stereocenters. The fourth-order valence-corrected chi connectivity index (χ4v) is 5.42. The minimum atomic E-state index is -1.21. The molecular weight excluding hydrogens is 376 g/mol. The second-order valence-corrected chi connectivity index (χ2v) is 7.83. The number of thiophene rings is 1. The van der Waals surface area contributed by atoms with Crippen molar-refractivity contribution in [3.63, 3.8) is 0 Å². The van der Waals surface area contributed by atoms with Gasteiger partial charge in [-0.1, -0.05) is 48.5 Å². The van der Waals surface area contributed by atoms with Crippen molar-refractivity contribution in [2.24, 2.45) is 0 Å². The fraction of sp³-hybridized carbons (Fsp3) is 0.0952. The second kappa shape index (κ2) is 5.77. The van der Waals surface area contributed by atoms with E-state index in [1.807, 2.05) is 36.4 Å². The third kappa shape index (κ3) is 2.10.